The van der Waals surface area contributed by atoms with E-state index in [-0.39, 0.29) is 5.78 Å². The van der Waals surface area contributed by atoms with E-state index in [2.05, 4.69) is 33.8 Å². The standard InChI is InChI=1S/C22H25N3OS/c1-2-16-25-21(19-13-7-4-8-14-19)23-24-22(25)27-17-20(26)15-9-12-18-10-5-3-6-11-18/h3-8,10-11,13-14H,2,9,12,15-17H2,1H3. The maximum Gasteiger partial charge on any atom is 0.191 e. The smallest absolute Gasteiger partial charge is 0.191 e. The topological polar surface area (TPSA) is 47.8 Å². The van der Waals surface area contributed by atoms with Gasteiger partial charge in [-0.2, -0.15) is 0 Å². The molecule has 0 N–H and O–H groups in total. The predicted molar refractivity (Wildman–Crippen MR) is 111 cm³/mol. The molecule has 0 saturated carbocycles. The van der Waals surface area contributed by atoms with Gasteiger partial charge in [-0.25, -0.2) is 0 Å². The van der Waals surface area contributed by atoms with Crippen LogP contribution in [0.15, 0.2) is 65.8 Å². The first-order valence-electron chi connectivity index (χ1n) is 9.45. The number of aryl methyl sites for hydroxylation is 1. The van der Waals surface area contributed by atoms with E-state index in [1.165, 1.54) is 17.3 Å². The van der Waals surface area contributed by atoms with E-state index in [1.54, 1.807) is 0 Å². The van der Waals surface area contributed by atoms with Crippen molar-refractivity contribution >= 4 is 17.5 Å². The molecule has 0 fully saturated rings. The number of nitrogens with zero attached hydrogens (tertiary/aromatic N) is 3. The van der Waals surface area contributed by atoms with Gasteiger partial charge in [-0.1, -0.05) is 79.3 Å². The van der Waals surface area contributed by atoms with E-state index < -0.39 is 0 Å². The molecule has 1 aromatic heterocycles. The monoisotopic (exact) mass is 379 g/mol. The maximum absolute atomic E-state index is 12.3. The number of carbonyl (C=O) groups excluding carboxylic acids is 1. The first-order valence-corrected chi connectivity index (χ1v) is 10.4. The van der Waals surface area contributed by atoms with Gasteiger partial charge >= 0.3 is 0 Å². The van der Waals surface area contributed by atoms with Gasteiger partial charge in [0.25, 0.3) is 0 Å². The van der Waals surface area contributed by atoms with E-state index in [0.29, 0.717) is 12.2 Å². The van der Waals surface area contributed by atoms with Crippen molar-refractivity contribution in [2.45, 2.75) is 44.3 Å². The summed E-state index contributed by atoms with van der Waals surface area (Å²) in [5.41, 5.74) is 2.34. The molecule has 0 atom stereocenters. The number of rotatable bonds is 10. The second-order valence-corrected chi connectivity index (χ2v) is 7.43. The predicted octanol–water partition coefficient (Wildman–Crippen LogP) is 5.04. The number of hydrogen-bond acceptors (Lipinski definition) is 4. The molecule has 3 rings (SSSR count). The molecular formula is C22H25N3OS. The molecule has 27 heavy (non-hydrogen) atoms. The highest BCUT2D eigenvalue weighted by atomic mass is 32.2. The quantitative estimate of drug-likeness (QED) is 0.463. The van der Waals surface area contributed by atoms with Gasteiger partial charge in [0.1, 0.15) is 5.78 Å². The fourth-order valence-corrected chi connectivity index (χ4v) is 3.84. The van der Waals surface area contributed by atoms with Gasteiger partial charge in [0.05, 0.1) is 5.75 Å². The Morgan fingerprint density at radius 3 is 2.41 bits per heavy atom. The first-order chi connectivity index (χ1) is 13.3. The van der Waals surface area contributed by atoms with Gasteiger partial charge in [0.15, 0.2) is 11.0 Å². The fourth-order valence-electron chi connectivity index (χ4n) is 2.97. The van der Waals surface area contributed by atoms with Gasteiger partial charge in [0.2, 0.25) is 0 Å². The highest BCUT2D eigenvalue weighted by molar-refractivity contribution is 7.99. The van der Waals surface area contributed by atoms with Crippen LogP contribution < -0.4 is 0 Å². The number of hydrogen-bond donors (Lipinski definition) is 0. The maximum atomic E-state index is 12.3. The molecule has 140 valence electrons. The van der Waals surface area contributed by atoms with Crippen LogP contribution in [0.1, 0.15) is 31.7 Å². The lowest BCUT2D eigenvalue weighted by Crippen LogP contribution is -2.06. The Bertz CT molecular complexity index is 847. The Kier molecular flexibility index (Phi) is 7.22. The second-order valence-electron chi connectivity index (χ2n) is 6.49. The van der Waals surface area contributed by atoms with Crippen LogP contribution in [0.2, 0.25) is 0 Å². The molecule has 1 heterocycles. The first kappa shape index (κ1) is 19.4. The third kappa shape index (κ3) is 5.54. The number of aromatic nitrogens is 3. The van der Waals surface area contributed by atoms with E-state index in [9.17, 15) is 4.79 Å². The third-order valence-electron chi connectivity index (χ3n) is 4.32. The van der Waals surface area contributed by atoms with Crippen LogP contribution in [0, 0.1) is 0 Å². The van der Waals surface area contributed by atoms with Gasteiger partial charge in [-0.15, -0.1) is 10.2 Å². The normalized spacial score (nSPS) is 10.9. The summed E-state index contributed by atoms with van der Waals surface area (Å²) in [5.74, 6) is 1.59. The largest absolute Gasteiger partial charge is 0.302 e. The zero-order chi connectivity index (χ0) is 18.9. The molecular weight excluding hydrogens is 354 g/mol. The summed E-state index contributed by atoms with van der Waals surface area (Å²) in [6.07, 6.45) is 3.44. The van der Waals surface area contributed by atoms with E-state index in [4.69, 9.17) is 0 Å². The summed E-state index contributed by atoms with van der Waals surface area (Å²) in [4.78, 5) is 12.3. The number of benzene rings is 2. The van der Waals surface area contributed by atoms with Crippen molar-refractivity contribution in [2.75, 3.05) is 5.75 Å². The molecule has 0 aliphatic carbocycles. The Labute approximate surface area is 165 Å². The molecule has 0 unspecified atom stereocenters. The minimum absolute atomic E-state index is 0.267. The SMILES string of the molecule is CCCn1c(SCC(=O)CCCc2ccccc2)nnc1-c1ccccc1. The number of carbonyl (C=O) groups is 1. The molecule has 0 radical (unpaired) electrons. The summed E-state index contributed by atoms with van der Waals surface area (Å²) in [6.45, 7) is 2.99. The summed E-state index contributed by atoms with van der Waals surface area (Å²) in [6, 6.07) is 20.4. The van der Waals surface area contributed by atoms with Crippen LogP contribution >= 0.6 is 11.8 Å². The van der Waals surface area contributed by atoms with Crippen LogP contribution in [-0.4, -0.2) is 26.3 Å². The van der Waals surface area contributed by atoms with Crippen molar-refractivity contribution in [3.63, 3.8) is 0 Å². The van der Waals surface area contributed by atoms with Crippen molar-refractivity contribution in [3.05, 3.63) is 66.2 Å². The van der Waals surface area contributed by atoms with Crippen molar-refractivity contribution in [2.24, 2.45) is 0 Å². The zero-order valence-electron chi connectivity index (χ0n) is 15.7. The van der Waals surface area contributed by atoms with Crippen LogP contribution in [0.5, 0.6) is 0 Å². The number of Topliss-reactive ketones (excluding diaryl/α,β-unsaturated/α-hetero) is 1. The zero-order valence-corrected chi connectivity index (χ0v) is 16.5. The molecule has 0 saturated heterocycles. The summed E-state index contributed by atoms with van der Waals surface area (Å²) >= 11 is 1.50. The van der Waals surface area contributed by atoms with Crippen molar-refractivity contribution < 1.29 is 4.79 Å². The summed E-state index contributed by atoms with van der Waals surface area (Å²) in [7, 11) is 0. The molecule has 0 amide bonds. The Morgan fingerprint density at radius 2 is 1.70 bits per heavy atom. The van der Waals surface area contributed by atoms with Crippen molar-refractivity contribution in [1.82, 2.24) is 14.8 Å². The minimum Gasteiger partial charge on any atom is -0.302 e. The van der Waals surface area contributed by atoms with Crippen molar-refractivity contribution in [3.8, 4) is 11.4 Å². The lowest BCUT2D eigenvalue weighted by atomic mass is 10.1. The second kappa shape index (κ2) is 10.1. The fraction of sp³-hybridized carbons (Fsp3) is 0.318. The van der Waals surface area contributed by atoms with E-state index in [0.717, 1.165) is 42.4 Å². The molecule has 5 heteroatoms. The van der Waals surface area contributed by atoms with Crippen LogP contribution in [0.3, 0.4) is 0 Å². The lowest BCUT2D eigenvalue weighted by molar-refractivity contribution is -0.116. The summed E-state index contributed by atoms with van der Waals surface area (Å²) < 4.78 is 2.12. The average Bonchev–Trinajstić information content (AvgIpc) is 3.11. The molecule has 2 aromatic carbocycles. The molecule has 0 aliphatic heterocycles. The molecule has 0 spiro atoms. The Morgan fingerprint density at radius 1 is 1.00 bits per heavy atom. The molecule has 3 aromatic rings. The van der Waals surface area contributed by atoms with Gasteiger partial charge in [-0.05, 0) is 24.8 Å². The summed E-state index contributed by atoms with van der Waals surface area (Å²) in [5, 5.41) is 9.53. The van der Waals surface area contributed by atoms with Gasteiger partial charge in [-0.3, -0.25) is 4.79 Å². The Hall–Kier alpha value is -2.40. The highest BCUT2D eigenvalue weighted by Crippen LogP contribution is 2.24. The van der Waals surface area contributed by atoms with Gasteiger partial charge < -0.3 is 4.57 Å². The number of ketones is 1. The molecule has 4 nitrogen and oxygen atoms in total. The Balaban J connectivity index is 1.55. The lowest BCUT2D eigenvalue weighted by Gasteiger charge is -2.08. The molecule has 0 bridgehead atoms. The van der Waals surface area contributed by atoms with E-state index in [1.807, 2.05) is 48.5 Å². The number of thioether (sulfide) groups is 1. The van der Waals surface area contributed by atoms with Gasteiger partial charge in [0, 0.05) is 18.5 Å². The minimum atomic E-state index is 0.267. The van der Waals surface area contributed by atoms with Crippen molar-refractivity contribution in [1.29, 1.82) is 0 Å². The van der Waals surface area contributed by atoms with Crippen LogP contribution in [0.4, 0.5) is 0 Å². The third-order valence-corrected chi connectivity index (χ3v) is 5.35. The highest BCUT2D eigenvalue weighted by Gasteiger charge is 2.15. The average molecular weight is 380 g/mol. The molecule has 0 aliphatic rings. The van der Waals surface area contributed by atoms with E-state index >= 15 is 0 Å². The van der Waals surface area contributed by atoms with Crippen LogP contribution in [0.25, 0.3) is 11.4 Å². The van der Waals surface area contributed by atoms with Crippen LogP contribution in [-0.2, 0) is 17.8 Å².